The normalized spacial score (nSPS) is 45.4. The van der Waals surface area contributed by atoms with Crippen molar-refractivity contribution >= 4 is 0 Å². The van der Waals surface area contributed by atoms with Crippen molar-refractivity contribution in [1.29, 1.82) is 0 Å². The molecule has 0 aromatic heterocycles. The van der Waals surface area contributed by atoms with Crippen LogP contribution in [-0.2, 0) is 14.2 Å². The standard InChI is InChI=1S/C9H16O5/c1-9(2)13-7-5(3-10)6(4-11)12-8(7)14-9/h5-8,10-11H,3-4H2,1-2H3. The molecule has 0 aromatic carbocycles. The van der Waals surface area contributed by atoms with Crippen molar-refractivity contribution in [3.63, 3.8) is 0 Å². The van der Waals surface area contributed by atoms with E-state index in [9.17, 15) is 0 Å². The number of hydrogen-bond donors (Lipinski definition) is 2. The number of ether oxygens (including phenoxy) is 3. The molecule has 2 N–H and O–H groups in total. The van der Waals surface area contributed by atoms with Crippen LogP contribution in [0.25, 0.3) is 0 Å². The lowest BCUT2D eigenvalue weighted by molar-refractivity contribution is -0.214. The summed E-state index contributed by atoms with van der Waals surface area (Å²) in [5.41, 5.74) is 0. The van der Waals surface area contributed by atoms with Crippen molar-refractivity contribution in [3.8, 4) is 0 Å². The summed E-state index contributed by atoms with van der Waals surface area (Å²) in [4.78, 5) is 0. The number of rotatable bonds is 2. The first-order valence-corrected chi connectivity index (χ1v) is 4.80. The molecule has 2 fully saturated rings. The smallest absolute Gasteiger partial charge is 0.188 e. The number of fused-ring (bicyclic) bond motifs is 1. The van der Waals surface area contributed by atoms with Gasteiger partial charge in [-0.2, -0.15) is 0 Å². The van der Waals surface area contributed by atoms with Crippen molar-refractivity contribution in [2.45, 2.75) is 38.1 Å². The van der Waals surface area contributed by atoms with Gasteiger partial charge in [-0.05, 0) is 13.8 Å². The lowest BCUT2D eigenvalue weighted by atomic mass is 10.0. The Kier molecular flexibility index (Phi) is 2.53. The maximum absolute atomic E-state index is 9.16. The summed E-state index contributed by atoms with van der Waals surface area (Å²) >= 11 is 0. The quantitative estimate of drug-likeness (QED) is 0.632. The van der Waals surface area contributed by atoms with E-state index in [0.717, 1.165) is 0 Å². The lowest BCUT2D eigenvalue weighted by Crippen LogP contribution is -2.33. The molecule has 2 rings (SSSR count). The molecule has 2 saturated heterocycles. The highest BCUT2D eigenvalue weighted by atomic mass is 16.8. The molecule has 4 atom stereocenters. The van der Waals surface area contributed by atoms with E-state index >= 15 is 0 Å². The van der Waals surface area contributed by atoms with E-state index in [2.05, 4.69) is 0 Å². The molecule has 2 heterocycles. The second kappa shape index (κ2) is 3.43. The Morgan fingerprint density at radius 1 is 1.14 bits per heavy atom. The molecule has 82 valence electrons. The second-order valence-corrected chi connectivity index (χ2v) is 4.17. The molecule has 5 nitrogen and oxygen atoms in total. The molecule has 2 aliphatic heterocycles. The van der Waals surface area contributed by atoms with Gasteiger partial charge in [0.05, 0.1) is 19.3 Å². The fourth-order valence-corrected chi connectivity index (χ4v) is 2.04. The second-order valence-electron chi connectivity index (χ2n) is 4.17. The van der Waals surface area contributed by atoms with E-state index in [1.54, 1.807) is 13.8 Å². The van der Waals surface area contributed by atoms with Crippen LogP contribution in [-0.4, -0.2) is 47.7 Å². The van der Waals surface area contributed by atoms with Crippen molar-refractivity contribution in [2.75, 3.05) is 13.2 Å². The minimum Gasteiger partial charge on any atom is -0.396 e. The molecule has 0 saturated carbocycles. The van der Waals surface area contributed by atoms with Crippen molar-refractivity contribution in [2.24, 2.45) is 5.92 Å². The van der Waals surface area contributed by atoms with E-state index in [1.807, 2.05) is 0 Å². The summed E-state index contributed by atoms with van der Waals surface area (Å²) in [5, 5.41) is 18.2. The van der Waals surface area contributed by atoms with E-state index in [0.29, 0.717) is 0 Å². The van der Waals surface area contributed by atoms with Crippen LogP contribution in [0.3, 0.4) is 0 Å². The predicted octanol–water partition coefficient (Wildman–Crippen LogP) is -0.536. The molecule has 0 aliphatic carbocycles. The minimum atomic E-state index is -0.664. The molecule has 14 heavy (non-hydrogen) atoms. The predicted molar refractivity (Wildman–Crippen MR) is 46.4 cm³/mol. The van der Waals surface area contributed by atoms with Gasteiger partial charge in [-0.25, -0.2) is 0 Å². The van der Waals surface area contributed by atoms with Gasteiger partial charge in [0.15, 0.2) is 12.1 Å². The fourth-order valence-electron chi connectivity index (χ4n) is 2.04. The molecule has 2 aliphatic rings. The highest BCUT2D eigenvalue weighted by molar-refractivity contribution is 4.92. The van der Waals surface area contributed by atoms with Crippen LogP contribution in [0.5, 0.6) is 0 Å². The van der Waals surface area contributed by atoms with E-state index in [1.165, 1.54) is 0 Å². The fraction of sp³-hybridized carbons (Fsp3) is 1.00. The van der Waals surface area contributed by atoms with Crippen molar-refractivity contribution < 1.29 is 24.4 Å². The highest BCUT2D eigenvalue weighted by Gasteiger charge is 2.54. The summed E-state index contributed by atoms with van der Waals surface area (Å²) in [5.74, 6) is -0.866. The Labute approximate surface area is 82.6 Å². The van der Waals surface area contributed by atoms with Gasteiger partial charge >= 0.3 is 0 Å². The Morgan fingerprint density at radius 3 is 2.43 bits per heavy atom. The largest absolute Gasteiger partial charge is 0.396 e. The molecule has 0 amide bonds. The van der Waals surface area contributed by atoms with Crippen LogP contribution >= 0.6 is 0 Å². The molecular formula is C9H16O5. The van der Waals surface area contributed by atoms with Crippen LogP contribution in [0, 0.1) is 5.92 Å². The van der Waals surface area contributed by atoms with Crippen molar-refractivity contribution in [3.05, 3.63) is 0 Å². The molecule has 0 radical (unpaired) electrons. The SMILES string of the molecule is CC1(C)OC2OC(CO)C(CO)C2O1. The summed E-state index contributed by atoms with van der Waals surface area (Å²) < 4.78 is 16.5. The zero-order valence-electron chi connectivity index (χ0n) is 8.34. The summed E-state index contributed by atoms with van der Waals surface area (Å²) in [6, 6.07) is 0. The Morgan fingerprint density at radius 2 is 1.86 bits per heavy atom. The van der Waals surface area contributed by atoms with E-state index < -0.39 is 12.1 Å². The van der Waals surface area contributed by atoms with E-state index in [-0.39, 0.29) is 31.3 Å². The monoisotopic (exact) mass is 204 g/mol. The first-order valence-electron chi connectivity index (χ1n) is 4.80. The topological polar surface area (TPSA) is 68.2 Å². The minimum absolute atomic E-state index is 0.0637. The van der Waals surface area contributed by atoms with Crippen molar-refractivity contribution in [1.82, 2.24) is 0 Å². The highest BCUT2D eigenvalue weighted by Crippen LogP contribution is 2.40. The van der Waals surface area contributed by atoms with Crippen LogP contribution in [0.2, 0.25) is 0 Å². The van der Waals surface area contributed by atoms with Gasteiger partial charge in [-0.3, -0.25) is 0 Å². The van der Waals surface area contributed by atoms with Crippen LogP contribution in [0.1, 0.15) is 13.8 Å². The number of hydrogen-bond acceptors (Lipinski definition) is 5. The first kappa shape index (κ1) is 10.3. The van der Waals surface area contributed by atoms with E-state index in [4.69, 9.17) is 24.4 Å². The van der Waals surface area contributed by atoms with Crippen LogP contribution in [0.4, 0.5) is 0 Å². The third-order valence-electron chi connectivity index (χ3n) is 2.69. The summed E-state index contributed by atoms with van der Waals surface area (Å²) in [6.07, 6.45) is -1.11. The molecule has 0 bridgehead atoms. The molecular weight excluding hydrogens is 188 g/mol. The molecule has 5 heteroatoms. The van der Waals surface area contributed by atoms with Gasteiger partial charge in [0.25, 0.3) is 0 Å². The average molecular weight is 204 g/mol. The maximum Gasteiger partial charge on any atom is 0.188 e. The summed E-state index contributed by atoms with van der Waals surface area (Å²) in [7, 11) is 0. The zero-order chi connectivity index (χ0) is 10.3. The third-order valence-corrected chi connectivity index (χ3v) is 2.69. The Balaban J connectivity index is 2.09. The van der Waals surface area contributed by atoms with Gasteiger partial charge in [0.1, 0.15) is 6.10 Å². The zero-order valence-corrected chi connectivity index (χ0v) is 8.34. The maximum atomic E-state index is 9.16. The van der Waals surface area contributed by atoms with Crippen LogP contribution < -0.4 is 0 Å². The molecule has 0 aromatic rings. The number of aliphatic hydroxyl groups excluding tert-OH is 2. The lowest BCUT2D eigenvalue weighted by Gasteiger charge is -2.23. The average Bonchev–Trinajstić information content (AvgIpc) is 2.55. The van der Waals surface area contributed by atoms with Crippen LogP contribution in [0.15, 0.2) is 0 Å². The Bertz CT molecular complexity index is 217. The van der Waals surface area contributed by atoms with Gasteiger partial charge in [0, 0.05) is 5.92 Å². The first-order chi connectivity index (χ1) is 6.57. The van der Waals surface area contributed by atoms with Gasteiger partial charge in [0.2, 0.25) is 0 Å². The molecule has 4 unspecified atom stereocenters. The molecule has 0 spiro atoms. The number of aliphatic hydroxyl groups is 2. The Hall–Kier alpha value is -0.200. The summed E-state index contributed by atoms with van der Waals surface area (Å²) in [6.45, 7) is 3.42. The van der Waals surface area contributed by atoms with Gasteiger partial charge in [-0.15, -0.1) is 0 Å². The van der Waals surface area contributed by atoms with Gasteiger partial charge < -0.3 is 24.4 Å². The van der Waals surface area contributed by atoms with Gasteiger partial charge in [-0.1, -0.05) is 0 Å². The third kappa shape index (κ3) is 1.55.